The average Bonchev–Trinajstić information content (AvgIpc) is 2.19. The highest BCUT2D eigenvalue weighted by Crippen LogP contribution is 2.20. The van der Waals surface area contributed by atoms with Crippen molar-refractivity contribution in [3.8, 4) is 0 Å². The van der Waals surface area contributed by atoms with Gasteiger partial charge in [0.1, 0.15) is 0 Å². The summed E-state index contributed by atoms with van der Waals surface area (Å²) in [6, 6.07) is 4.63. The molecule has 1 aliphatic heterocycles. The lowest BCUT2D eigenvalue weighted by Crippen LogP contribution is -2.44. The largest absolute Gasteiger partial charge is 0.310 e. The van der Waals surface area contributed by atoms with Crippen molar-refractivity contribution in [3.63, 3.8) is 0 Å². The molecule has 1 unspecified atom stereocenters. The lowest BCUT2D eigenvalue weighted by Gasteiger charge is -2.22. The number of nitrogen functional groups attached to an aromatic ring is 1. The predicted octanol–water partition coefficient (Wildman–Crippen LogP) is 0.502. The van der Waals surface area contributed by atoms with Crippen molar-refractivity contribution >= 4 is 0 Å². The van der Waals surface area contributed by atoms with Crippen molar-refractivity contribution in [2.24, 2.45) is 0 Å². The number of nitrogens with zero attached hydrogens (tertiary/aromatic N) is 1. The van der Waals surface area contributed by atoms with Gasteiger partial charge in [-0.25, -0.2) is 5.84 Å². The number of nitrogens with two attached hydrogens (primary N) is 1. The number of rotatable bonds is 1. The maximum atomic E-state index is 5.65. The van der Waals surface area contributed by atoms with Gasteiger partial charge in [0.2, 0.25) is 6.20 Å². The van der Waals surface area contributed by atoms with Crippen LogP contribution in [0.5, 0.6) is 0 Å². The summed E-state index contributed by atoms with van der Waals surface area (Å²) in [5, 5.41) is 3.49. The maximum absolute atomic E-state index is 5.65. The Morgan fingerprint density at radius 3 is 3.08 bits per heavy atom. The fourth-order valence-corrected chi connectivity index (χ4v) is 1.85. The van der Waals surface area contributed by atoms with Crippen LogP contribution in [0, 0.1) is 0 Å². The molecule has 0 amide bonds. The van der Waals surface area contributed by atoms with Crippen molar-refractivity contribution in [2.75, 3.05) is 12.4 Å². The summed E-state index contributed by atoms with van der Waals surface area (Å²) in [6.45, 7) is 1.13. The molecule has 3 heteroatoms. The van der Waals surface area contributed by atoms with Crippen molar-refractivity contribution in [3.05, 3.63) is 30.1 Å². The zero-order chi connectivity index (χ0) is 9.10. The van der Waals surface area contributed by atoms with Gasteiger partial charge in [0.15, 0.2) is 6.20 Å². The highest BCUT2D eigenvalue weighted by Gasteiger charge is 2.16. The standard InChI is InChI=1S/C10H16N3/c11-13-7-3-4-9(8-13)10-5-1-2-6-12-10/h3-4,7-8,10,12H,1-2,5-6,11H2/q+1. The Balaban J connectivity index is 2.14. The molecule has 0 radical (unpaired) electrons. The van der Waals surface area contributed by atoms with Gasteiger partial charge in [0.05, 0.1) is 0 Å². The molecule has 1 saturated heterocycles. The van der Waals surface area contributed by atoms with Crippen LogP contribution in [-0.4, -0.2) is 6.54 Å². The van der Waals surface area contributed by atoms with Crippen LogP contribution in [0.3, 0.4) is 0 Å². The van der Waals surface area contributed by atoms with E-state index < -0.39 is 0 Å². The van der Waals surface area contributed by atoms with Gasteiger partial charge in [-0.3, -0.25) is 0 Å². The van der Waals surface area contributed by atoms with E-state index in [1.165, 1.54) is 24.8 Å². The highest BCUT2D eigenvalue weighted by molar-refractivity contribution is 5.11. The second kappa shape index (κ2) is 3.75. The number of hydrogen-bond donors (Lipinski definition) is 2. The average molecular weight is 178 g/mol. The summed E-state index contributed by atoms with van der Waals surface area (Å²) in [5.74, 6) is 5.65. The molecule has 0 saturated carbocycles. The first kappa shape index (κ1) is 8.51. The lowest BCUT2D eigenvalue weighted by molar-refractivity contribution is -0.639. The van der Waals surface area contributed by atoms with Crippen LogP contribution in [-0.2, 0) is 0 Å². The molecule has 3 N–H and O–H groups in total. The molecule has 0 aromatic carbocycles. The number of hydrogen-bond acceptors (Lipinski definition) is 2. The van der Waals surface area contributed by atoms with Gasteiger partial charge >= 0.3 is 0 Å². The normalized spacial score (nSPS) is 22.9. The monoisotopic (exact) mass is 178 g/mol. The first-order chi connectivity index (χ1) is 6.36. The second-order valence-corrected chi connectivity index (χ2v) is 3.59. The van der Waals surface area contributed by atoms with Crippen LogP contribution in [0.25, 0.3) is 0 Å². The van der Waals surface area contributed by atoms with E-state index in [1.807, 2.05) is 18.5 Å². The molecule has 1 aromatic rings. The quantitative estimate of drug-likeness (QED) is 0.486. The molecule has 3 nitrogen and oxygen atoms in total. The topological polar surface area (TPSA) is 41.9 Å². The van der Waals surface area contributed by atoms with Crippen LogP contribution in [0.15, 0.2) is 24.5 Å². The number of nitrogens with one attached hydrogen (secondary N) is 1. The lowest BCUT2D eigenvalue weighted by atomic mass is 9.99. The van der Waals surface area contributed by atoms with Gasteiger partial charge in [0.25, 0.3) is 0 Å². The first-order valence-corrected chi connectivity index (χ1v) is 4.86. The van der Waals surface area contributed by atoms with Gasteiger partial charge in [-0.2, -0.15) is 0 Å². The van der Waals surface area contributed by atoms with E-state index >= 15 is 0 Å². The highest BCUT2D eigenvalue weighted by atomic mass is 15.3. The molecule has 1 aliphatic rings. The summed E-state index contributed by atoms with van der Waals surface area (Å²) in [7, 11) is 0. The van der Waals surface area contributed by atoms with Gasteiger partial charge < -0.3 is 5.32 Å². The summed E-state index contributed by atoms with van der Waals surface area (Å²) >= 11 is 0. The molecule has 1 fully saturated rings. The van der Waals surface area contributed by atoms with Crippen LogP contribution < -0.4 is 15.8 Å². The van der Waals surface area contributed by atoms with Gasteiger partial charge in [-0.1, -0.05) is 11.1 Å². The molecule has 0 bridgehead atoms. The molecule has 0 aliphatic carbocycles. The first-order valence-electron chi connectivity index (χ1n) is 4.86. The summed E-state index contributed by atoms with van der Waals surface area (Å²) in [4.78, 5) is 0. The molecular formula is C10H16N3+. The Kier molecular flexibility index (Phi) is 2.45. The van der Waals surface area contributed by atoms with Crippen LogP contribution in [0.4, 0.5) is 0 Å². The third kappa shape index (κ3) is 1.98. The van der Waals surface area contributed by atoms with Crippen molar-refractivity contribution in [1.29, 1.82) is 0 Å². The molecule has 70 valence electrons. The van der Waals surface area contributed by atoms with Gasteiger partial charge in [0, 0.05) is 17.7 Å². The van der Waals surface area contributed by atoms with E-state index in [-0.39, 0.29) is 0 Å². The Labute approximate surface area is 78.5 Å². The van der Waals surface area contributed by atoms with E-state index in [4.69, 9.17) is 5.84 Å². The molecule has 2 heterocycles. The van der Waals surface area contributed by atoms with Crippen molar-refractivity contribution < 1.29 is 4.68 Å². The number of aromatic nitrogens is 1. The molecular weight excluding hydrogens is 162 g/mol. The van der Waals surface area contributed by atoms with E-state index in [0.717, 1.165) is 6.54 Å². The molecule has 1 atom stereocenters. The van der Waals surface area contributed by atoms with E-state index in [1.54, 1.807) is 4.68 Å². The zero-order valence-electron chi connectivity index (χ0n) is 7.74. The smallest absolute Gasteiger partial charge is 0.203 e. The zero-order valence-corrected chi connectivity index (χ0v) is 7.74. The number of piperidine rings is 1. The molecule has 1 aromatic heterocycles. The van der Waals surface area contributed by atoms with Crippen LogP contribution in [0.1, 0.15) is 30.9 Å². The minimum atomic E-state index is 0.504. The fourth-order valence-electron chi connectivity index (χ4n) is 1.85. The van der Waals surface area contributed by atoms with Crippen molar-refractivity contribution in [2.45, 2.75) is 25.3 Å². The van der Waals surface area contributed by atoms with E-state index in [0.29, 0.717) is 6.04 Å². The SMILES string of the molecule is N[n+]1cccc(C2CCCCN2)c1. The fraction of sp³-hybridized carbons (Fsp3) is 0.500. The van der Waals surface area contributed by atoms with Crippen molar-refractivity contribution in [1.82, 2.24) is 5.32 Å². The molecule has 13 heavy (non-hydrogen) atoms. The van der Waals surface area contributed by atoms with Gasteiger partial charge in [-0.05, 0) is 25.5 Å². The summed E-state index contributed by atoms with van der Waals surface area (Å²) < 4.78 is 1.62. The Morgan fingerprint density at radius 1 is 1.46 bits per heavy atom. The van der Waals surface area contributed by atoms with Crippen LogP contribution >= 0.6 is 0 Å². The summed E-state index contributed by atoms with van der Waals surface area (Å²) in [6.07, 6.45) is 7.68. The maximum Gasteiger partial charge on any atom is 0.203 e. The third-order valence-electron chi connectivity index (χ3n) is 2.56. The van der Waals surface area contributed by atoms with Crippen LogP contribution in [0.2, 0.25) is 0 Å². The van der Waals surface area contributed by atoms with E-state index in [2.05, 4.69) is 11.4 Å². The Hall–Kier alpha value is -1.09. The Bertz CT molecular complexity index is 279. The second-order valence-electron chi connectivity index (χ2n) is 3.59. The summed E-state index contributed by atoms with van der Waals surface area (Å²) in [5.41, 5.74) is 1.30. The Morgan fingerprint density at radius 2 is 2.38 bits per heavy atom. The third-order valence-corrected chi connectivity index (χ3v) is 2.56. The minimum absolute atomic E-state index is 0.504. The molecule has 2 rings (SSSR count). The molecule has 0 spiro atoms. The van der Waals surface area contributed by atoms with E-state index in [9.17, 15) is 0 Å². The predicted molar refractivity (Wildman–Crippen MR) is 51.4 cm³/mol. The minimum Gasteiger partial charge on any atom is -0.310 e. The van der Waals surface area contributed by atoms with Gasteiger partial charge in [-0.15, -0.1) is 0 Å². The number of pyridine rings is 1.